The Kier molecular flexibility index (Phi) is 6.09. The summed E-state index contributed by atoms with van der Waals surface area (Å²) >= 11 is 0. The number of rotatable bonds is 7. The van der Waals surface area contributed by atoms with Crippen molar-refractivity contribution < 1.29 is 14.3 Å². The smallest absolute Gasteiger partial charge is 0.255 e. The molecule has 5 nitrogen and oxygen atoms in total. The second kappa shape index (κ2) is 8.06. The molecular weight excluding hydrogens is 309 g/mol. The fourth-order valence-electron chi connectivity index (χ4n) is 2.79. The molecule has 0 spiro atoms. The summed E-state index contributed by atoms with van der Waals surface area (Å²) < 4.78 is 15.3. The first kappa shape index (κ1) is 18.1. The summed E-state index contributed by atoms with van der Waals surface area (Å²) in [6, 6.07) is 4.73. The normalized spacial score (nSPS) is 11.1. The molecule has 2 aromatic rings. The highest BCUT2D eigenvalue weighted by molar-refractivity contribution is 5.95. The van der Waals surface area contributed by atoms with Gasteiger partial charge in [0, 0.05) is 17.8 Å². The zero-order valence-electron chi connectivity index (χ0n) is 14.3. The Labute approximate surface area is 141 Å². The van der Waals surface area contributed by atoms with E-state index < -0.39 is 5.82 Å². The minimum atomic E-state index is -0.449. The maximum absolute atomic E-state index is 13.4. The number of nitrogens with one attached hydrogen (secondary N) is 1. The van der Waals surface area contributed by atoms with Crippen LogP contribution in [0.25, 0.3) is 0 Å². The molecule has 2 rings (SSSR count). The van der Waals surface area contributed by atoms with E-state index in [4.69, 9.17) is 5.11 Å². The van der Waals surface area contributed by atoms with Crippen molar-refractivity contribution >= 4 is 5.91 Å². The molecule has 2 N–H and O–H groups in total. The molecule has 0 unspecified atom stereocenters. The van der Waals surface area contributed by atoms with Crippen LogP contribution in [0.4, 0.5) is 4.39 Å². The summed E-state index contributed by atoms with van der Waals surface area (Å²) in [5, 5.41) is 16.3. The summed E-state index contributed by atoms with van der Waals surface area (Å²) in [6.07, 6.45) is 3.51. The number of aliphatic hydroxyl groups is 1. The molecule has 0 aliphatic carbocycles. The third-order valence-electron chi connectivity index (χ3n) is 4.31. The quantitative estimate of drug-likeness (QED) is 0.818. The number of benzene rings is 1. The fourth-order valence-corrected chi connectivity index (χ4v) is 2.79. The molecule has 1 heterocycles. The topological polar surface area (TPSA) is 67.2 Å². The van der Waals surface area contributed by atoms with E-state index in [0.717, 1.165) is 24.1 Å². The van der Waals surface area contributed by atoms with Crippen LogP contribution >= 0.6 is 0 Å². The van der Waals surface area contributed by atoms with Crippen molar-refractivity contribution in [3.63, 3.8) is 0 Å². The van der Waals surface area contributed by atoms with Crippen LogP contribution in [-0.4, -0.2) is 20.8 Å². The van der Waals surface area contributed by atoms with Gasteiger partial charge in [-0.05, 0) is 37.5 Å². The molecular formula is C18H24FN3O2. The number of hydrogen-bond acceptors (Lipinski definition) is 3. The molecule has 0 fully saturated rings. The van der Waals surface area contributed by atoms with E-state index >= 15 is 0 Å². The van der Waals surface area contributed by atoms with Gasteiger partial charge in [-0.3, -0.25) is 9.48 Å². The number of amides is 1. The molecule has 0 aliphatic heterocycles. The van der Waals surface area contributed by atoms with E-state index in [2.05, 4.69) is 24.3 Å². The minimum absolute atomic E-state index is 0.209. The monoisotopic (exact) mass is 333 g/mol. The maximum atomic E-state index is 13.4. The first-order chi connectivity index (χ1) is 11.5. The van der Waals surface area contributed by atoms with Gasteiger partial charge in [0.2, 0.25) is 0 Å². The van der Waals surface area contributed by atoms with Crippen molar-refractivity contribution in [2.45, 2.75) is 52.8 Å². The summed E-state index contributed by atoms with van der Waals surface area (Å²) in [6.45, 7) is 5.99. The zero-order chi connectivity index (χ0) is 17.7. The third kappa shape index (κ3) is 3.82. The molecule has 130 valence electrons. The number of aromatic nitrogens is 2. The van der Waals surface area contributed by atoms with Crippen molar-refractivity contribution in [1.29, 1.82) is 0 Å². The summed E-state index contributed by atoms with van der Waals surface area (Å²) in [5.74, 6) is -0.658. The Morgan fingerprint density at radius 3 is 2.71 bits per heavy atom. The van der Waals surface area contributed by atoms with Crippen molar-refractivity contribution in [2.75, 3.05) is 0 Å². The van der Waals surface area contributed by atoms with Gasteiger partial charge in [-0.15, -0.1) is 0 Å². The molecule has 0 saturated heterocycles. The van der Waals surface area contributed by atoms with Crippen molar-refractivity contribution in [3.8, 4) is 0 Å². The molecule has 6 heteroatoms. The lowest BCUT2D eigenvalue weighted by molar-refractivity contribution is 0.0950. The van der Waals surface area contributed by atoms with Crippen LogP contribution in [0, 0.1) is 12.7 Å². The van der Waals surface area contributed by atoms with Crippen LogP contribution in [0.3, 0.4) is 0 Å². The molecule has 0 aliphatic rings. The maximum Gasteiger partial charge on any atom is 0.255 e. The Balaban J connectivity index is 2.08. The Morgan fingerprint density at radius 2 is 2.08 bits per heavy atom. The van der Waals surface area contributed by atoms with E-state index in [9.17, 15) is 9.18 Å². The molecule has 0 bridgehead atoms. The molecule has 0 radical (unpaired) electrons. The van der Waals surface area contributed by atoms with Crippen LogP contribution in [0.1, 0.15) is 59.9 Å². The number of nitrogens with zero attached hydrogens (tertiary/aromatic N) is 2. The van der Waals surface area contributed by atoms with Crippen molar-refractivity contribution in [1.82, 2.24) is 15.1 Å². The average molecular weight is 333 g/mol. The SMILES string of the molecule is CCC(CC)n1ncc(C(=O)NCc2ccc(F)c(CO)c2)c1C. The van der Waals surface area contributed by atoms with Gasteiger partial charge in [0.25, 0.3) is 5.91 Å². The lowest BCUT2D eigenvalue weighted by Gasteiger charge is -2.15. The Hall–Kier alpha value is -2.21. The van der Waals surface area contributed by atoms with E-state index in [1.165, 1.54) is 6.07 Å². The van der Waals surface area contributed by atoms with Gasteiger partial charge in [-0.25, -0.2) is 4.39 Å². The predicted molar refractivity (Wildman–Crippen MR) is 90.1 cm³/mol. The van der Waals surface area contributed by atoms with Crippen LogP contribution in [-0.2, 0) is 13.2 Å². The number of hydrogen-bond donors (Lipinski definition) is 2. The van der Waals surface area contributed by atoms with Crippen LogP contribution in [0.15, 0.2) is 24.4 Å². The lowest BCUT2D eigenvalue weighted by atomic mass is 10.1. The van der Waals surface area contributed by atoms with Crippen LogP contribution < -0.4 is 5.32 Å². The zero-order valence-corrected chi connectivity index (χ0v) is 14.3. The van der Waals surface area contributed by atoms with E-state index in [-0.39, 0.29) is 30.7 Å². The summed E-state index contributed by atoms with van der Waals surface area (Å²) in [5.41, 5.74) is 2.35. The van der Waals surface area contributed by atoms with Crippen LogP contribution in [0.2, 0.25) is 0 Å². The number of carbonyl (C=O) groups excluding carboxylic acids is 1. The molecule has 24 heavy (non-hydrogen) atoms. The minimum Gasteiger partial charge on any atom is -0.392 e. The largest absolute Gasteiger partial charge is 0.392 e. The highest BCUT2D eigenvalue weighted by Crippen LogP contribution is 2.19. The van der Waals surface area contributed by atoms with Gasteiger partial charge in [-0.1, -0.05) is 19.9 Å². The first-order valence-electron chi connectivity index (χ1n) is 8.22. The lowest BCUT2D eigenvalue weighted by Crippen LogP contribution is -2.23. The van der Waals surface area contributed by atoms with Gasteiger partial charge in [-0.2, -0.15) is 5.10 Å². The van der Waals surface area contributed by atoms with Crippen LogP contribution in [0.5, 0.6) is 0 Å². The summed E-state index contributed by atoms with van der Waals surface area (Å²) in [7, 11) is 0. The molecule has 1 amide bonds. The average Bonchev–Trinajstić information content (AvgIpc) is 2.97. The number of carbonyl (C=O) groups is 1. The fraction of sp³-hybridized carbons (Fsp3) is 0.444. The molecule has 0 atom stereocenters. The number of halogens is 1. The number of aliphatic hydroxyl groups excluding tert-OH is 1. The summed E-state index contributed by atoms with van der Waals surface area (Å²) in [4.78, 5) is 12.4. The van der Waals surface area contributed by atoms with Gasteiger partial charge < -0.3 is 10.4 Å². The standard InChI is InChI=1S/C18H24FN3O2/c1-4-15(5-2)22-12(3)16(10-21-22)18(24)20-9-13-6-7-17(19)14(8-13)11-23/h6-8,10,15,23H,4-5,9,11H2,1-3H3,(H,20,24). The van der Waals surface area contributed by atoms with E-state index in [1.54, 1.807) is 18.3 Å². The molecule has 1 aromatic heterocycles. The van der Waals surface area contributed by atoms with Gasteiger partial charge in [0.05, 0.1) is 24.4 Å². The van der Waals surface area contributed by atoms with Crippen molar-refractivity contribution in [2.24, 2.45) is 0 Å². The van der Waals surface area contributed by atoms with Gasteiger partial charge in [0.15, 0.2) is 0 Å². The second-order valence-corrected chi connectivity index (χ2v) is 5.83. The molecule has 1 aromatic carbocycles. The highest BCUT2D eigenvalue weighted by Gasteiger charge is 2.17. The molecule has 0 saturated carbocycles. The van der Waals surface area contributed by atoms with Gasteiger partial charge in [0.1, 0.15) is 5.82 Å². The third-order valence-corrected chi connectivity index (χ3v) is 4.31. The predicted octanol–water partition coefficient (Wildman–Crippen LogP) is 3.11. The highest BCUT2D eigenvalue weighted by atomic mass is 19.1. The van der Waals surface area contributed by atoms with Crippen molar-refractivity contribution in [3.05, 3.63) is 52.6 Å². The van der Waals surface area contributed by atoms with E-state index in [0.29, 0.717) is 5.56 Å². The van der Waals surface area contributed by atoms with Gasteiger partial charge >= 0.3 is 0 Å². The Bertz CT molecular complexity index is 708. The van der Waals surface area contributed by atoms with E-state index in [1.807, 2.05) is 11.6 Å². The first-order valence-corrected chi connectivity index (χ1v) is 8.22. The second-order valence-electron chi connectivity index (χ2n) is 5.83. The Morgan fingerprint density at radius 1 is 1.38 bits per heavy atom.